The van der Waals surface area contributed by atoms with Gasteiger partial charge in [-0.2, -0.15) is 0 Å². The van der Waals surface area contributed by atoms with Crippen LogP contribution in [-0.2, 0) is 4.79 Å². The van der Waals surface area contributed by atoms with E-state index in [1.54, 1.807) is 24.3 Å². The molecule has 0 aliphatic carbocycles. The molecule has 0 spiro atoms. The van der Waals surface area contributed by atoms with Crippen LogP contribution in [0.5, 0.6) is 11.5 Å². The molecule has 0 amide bonds. The van der Waals surface area contributed by atoms with E-state index in [1.807, 2.05) is 6.07 Å². The minimum Gasteiger partial charge on any atom is -0.870 e. The Balaban J connectivity index is 1.96. The van der Waals surface area contributed by atoms with E-state index in [-0.39, 0.29) is 27.2 Å². The third-order valence-corrected chi connectivity index (χ3v) is 4.06. The molecular weight excluding hydrogens is 330 g/mol. The first-order valence-corrected chi connectivity index (χ1v) is 7.72. The van der Waals surface area contributed by atoms with E-state index in [4.69, 9.17) is 9.15 Å². The van der Waals surface area contributed by atoms with Gasteiger partial charge in [-0.05, 0) is 41.6 Å². The molecule has 2 aromatic carbocycles. The van der Waals surface area contributed by atoms with Gasteiger partial charge in [0.1, 0.15) is 16.2 Å². The van der Waals surface area contributed by atoms with Crippen molar-refractivity contribution in [3.8, 4) is 11.5 Å². The van der Waals surface area contributed by atoms with Crippen LogP contribution in [0, 0.1) is 0 Å². The predicted molar refractivity (Wildman–Crippen MR) is 87.9 cm³/mol. The van der Waals surface area contributed by atoms with Crippen molar-refractivity contribution in [2.45, 2.75) is 5.22 Å². The molecule has 122 valence electrons. The molecule has 1 aromatic heterocycles. The average Bonchev–Trinajstić information content (AvgIpc) is 2.98. The largest absolute Gasteiger partial charge is 0.870 e. The topological polar surface area (TPSA) is 95.6 Å². The molecule has 0 aliphatic rings. The maximum Gasteiger partial charge on any atom is 0.342 e. The van der Waals surface area contributed by atoms with Crippen LogP contribution in [0.3, 0.4) is 0 Å². The van der Waals surface area contributed by atoms with Gasteiger partial charge >= 0.3 is 5.97 Å². The molecule has 1 N–H and O–H groups in total. The van der Waals surface area contributed by atoms with E-state index in [1.165, 1.54) is 25.3 Å². The zero-order chi connectivity index (χ0) is 17.1. The zero-order valence-corrected chi connectivity index (χ0v) is 13.4. The number of hydrogen-bond donors (Lipinski definition) is 1. The SMILES string of the molecule is COc1cccc(/C=C(\Sc2nc3ccccc3o2)C(=O)O)c1[O-]. The van der Waals surface area contributed by atoms with Crippen molar-refractivity contribution in [1.82, 2.24) is 4.98 Å². The predicted octanol–water partition coefficient (Wildman–Crippen LogP) is 3.13. The lowest BCUT2D eigenvalue weighted by molar-refractivity contribution is -0.270. The number of fused-ring (bicyclic) bond motifs is 1. The molecule has 1 heterocycles. The number of methoxy groups -OCH3 is 1. The summed E-state index contributed by atoms with van der Waals surface area (Å²) in [6, 6.07) is 11.8. The first-order chi connectivity index (χ1) is 11.6. The lowest BCUT2D eigenvalue weighted by Crippen LogP contribution is -2.00. The monoisotopic (exact) mass is 342 g/mol. The van der Waals surface area contributed by atoms with Crippen molar-refractivity contribution in [1.29, 1.82) is 0 Å². The van der Waals surface area contributed by atoms with Gasteiger partial charge in [0.05, 0.1) is 7.11 Å². The molecule has 0 fully saturated rings. The second kappa shape index (κ2) is 6.67. The highest BCUT2D eigenvalue weighted by Crippen LogP contribution is 2.33. The first-order valence-electron chi connectivity index (χ1n) is 6.91. The molecule has 0 aliphatic heterocycles. The van der Waals surface area contributed by atoms with Crippen LogP contribution in [-0.4, -0.2) is 23.2 Å². The fourth-order valence-electron chi connectivity index (χ4n) is 2.07. The maximum atomic E-state index is 12.1. The molecule has 7 heteroatoms. The number of benzene rings is 2. The number of aromatic nitrogens is 1. The number of hydrogen-bond acceptors (Lipinski definition) is 6. The molecule has 0 radical (unpaired) electrons. The lowest BCUT2D eigenvalue weighted by atomic mass is 10.1. The van der Waals surface area contributed by atoms with Crippen molar-refractivity contribution in [3.63, 3.8) is 0 Å². The van der Waals surface area contributed by atoms with Crippen LogP contribution in [0.25, 0.3) is 17.2 Å². The smallest absolute Gasteiger partial charge is 0.342 e. The van der Waals surface area contributed by atoms with Crippen molar-refractivity contribution in [2.75, 3.05) is 7.11 Å². The van der Waals surface area contributed by atoms with Gasteiger partial charge in [-0.15, -0.1) is 0 Å². The van der Waals surface area contributed by atoms with Gasteiger partial charge in [-0.25, -0.2) is 9.78 Å². The standard InChI is InChI=1S/C17H13NO5S/c1-22-13-8-4-5-10(15(13)19)9-14(16(20)21)24-17-18-11-6-2-3-7-12(11)23-17/h2-9,19H,1H3,(H,20,21)/p-1/b14-9-. The summed E-state index contributed by atoms with van der Waals surface area (Å²) >= 11 is 0.844. The summed E-state index contributed by atoms with van der Waals surface area (Å²) in [5.41, 5.74) is 1.42. The zero-order valence-electron chi connectivity index (χ0n) is 12.6. The van der Waals surface area contributed by atoms with Crippen LogP contribution in [0.15, 0.2) is 57.0 Å². The Morgan fingerprint density at radius 2 is 2.08 bits per heavy atom. The molecule has 3 aromatic rings. The van der Waals surface area contributed by atoms with E-state index >= 15 is 0 Å². The summed E-state index contributed by atoms with van der Waals surface area (Å²) in [5, 5.41) is 21.7. The first kappa shape index (κ1) is 15.9. The Morgan fingerprint density at radius 3 is 2.79 bits per heavy atom. The Hall–Kier alpha value is -2.93. The van der Waals surface area contributed by atoms with Gasteiger partial charge in [0.15, 0.2) is 5.58 Å². The summed E-state index contributed by atoms with van der Waals surface area (Å²) in [6.45, 7) is 0. The van der Waals surface area contributed by atoms with Crippen molar-refractivity contribution in [2.24, 2.45) is 0 Å². The van der Waals surface area contributed by atoms with E-state index in [2.05, 4.69) is 4.98 Å². The summed E-state index contributed by atoms with van der Waals surface area (Å²) < 4.78 is 10.5. The van der Waals surface area contributed by atoms with Crippen LogP contribution >= 0.6 is 11.8 Å². The molecule has 24 heavy (non-hydrogen) atoms. The van der Waals surface area contributed by atoms with Crippen LogP contribution in [0.1, 0.15) is 5.56 Å². The normalized spacial score (nSPS) is 11.6. The van der Waals surface area contributed by atoms with Gasteiger partial charge in [0.2, 0.25) is 0 Å². The molecule has 6 nitrogen and oxygen atoms in total. The van der Waals surface area contributed by atoms with E-state index in [0.717, 1.165) is 11.8 Å². The quantitative estimate of drug-likeness (QED) is 0.562. The van der Waals surface area contributed by atoms with Gasteiger partial charge in [-0.1, -0.05) is 30.0 Å². The van der Waals surface area contributed by atoms with Crippen molar-refractivity contribution < 1.29 is 24.2 Å². The Kier molecular flexibility index (Phi) is 4.43. The van der Waals surface area contributed by atoms with Crippen LogP contribution in [0.4, 0.5) is 0 Å². The molecule has 0 bridgehead atoms. The number of carboxylic acids is 1. The maximum absolute atomic E-state index is 12.1. The highest BCUT2D eigenvalue weighted by molar-refractivity contribution is 8.03. The summed E-state index contributed by atoms with van der Waals surface area (Å²) in [4.78, 5) is 15.6. The number of rotatable bonds is 5. The number of ether oxygens (including phenoxy) is 1. The second-order valence-electron chi connectivity index (χ2n) is 4.74. The van der Waals surface area contributed by atoms with Gasteiger partial charge in [0, 0.05) is 0 Å². The molecular formula is C17H12NO5S-. The van der Waals surface area contributed by atoms with Crippen LogP contribution < -0.4 is 9.84 Å². The summed E-state index contributed by atoms with van der Waals surface area (Å²) in [6.07, 6.45) is 1.28. The lowest BCUT2D eigenvalue weighted by Gasteiger charge is -2.15. The number of aliphatic carboxylic acids is 1. The average molecular weight is 342 g/mol. The molecule has 0 atom stereocenters. The van der Waals surface area contributed by atoms with Gasteiger partial charge < -0.3 is 19.4 Å². The highest BCUT2D eigenvalue weighted by atomic mass is 32.2. The van der Waals surface area contributed by atoms with Crippen LogP contribution in [0.2, 0.25) is 0 Å². The number of carboxylic acid groups (broad SMARTS) is 1. The highest BCUT2D eigenvalue weighted by Gasteiger charge is 2.15. The molecule has 3 rings (SSSR count). The number of para-hydroxylation sites is 3. The second-order valence-corrected chi connectivity index (χ2v) is 5.74. The third-order valence-electron chi connectivity index (χ3n) is 3.20. The Labute approximate surface area is 141 Å². The third kappa shape index (κ3) is 3.21. The van der Waals surface area contributed by atoms with E-state index in [0.29, 0.717) is 11.1 Å². The number of carbonyl (C=O) groups is 1. The Morgan fingerprint density at radius 1 is 1.29 bits per heavy atom. The number of thioether (sulfide) groups is 1. The minimum absolute atomic E-state index is 0.0769. The van der Waals surface area contributed by atoms with E-state index < -0.39 is 5.97 Å². The minimum atomic E-state index is -1.18. The van der Waals surface area contributed by atoms with Crippen molar-refractivity contribution in [3.05, 3.63) is 52.9 Å². The number of oxazole rings is 1. The van der Waals surface area contributed by atoms with Crippen molar-refractivity contribution >= 4 is 34.9 Å². The molecule has 0 unspecified atom stereocenters. The fourth-order valence-corrected chi connectivity index (χ4v) is 2.81. The van der Waals surface area contributed by atoms with Gasteiger partial charge in [0.25, 0.3) is 5.22 Å². The summed E-state index contributed by atoms with van der Waals surface area (Å²) in [7, 11) is 1.38. The Bertz CT molecular complexity index is 899. The van der Waals surface area contributed by atoms with E-state index in [9.17, 15) is 15.0 Å². The number of nitrogens with zero attached hydrogens (tertiary/aromatic N) is 1. The fraction of sp³-hybridized carbons (Fsp3) is 0.0588. The van der Waals surface area contributed by atoms with Gasteiger partial charge in [-0.3, -0.25) is 0 Å². The molecule has 0 saturated carbocycles. The molecule has 0 saturated heterocycles. The summed E-state index contributed by atoms with van der Waals surface area (Å²) in [5.74, 6) is -1.40.